The molecular formula is C13H15NO8. The first kappa shape index (κ1) is 17.5. The van der Waals surface area contributed by atoms with E-state index in [0.717, 1.165) is 25.3 Å². The van der Waals surface area contributed by atoms with Gasteiger partial charge < -0.3 is 19.7 Å². The van der Waals surface area contributed by atoms with E-state index >= 15 is 0 Å². The number of non-ortho nitro benzene ring substituents is 1. The maximum Gasteiger partial charge on any atom is 0.338 e. The van der Waals surface area contributed by atoms with Crippen LogP contribution in [0.5, 0.6) is 0 Å². The van der Waals surface area contributed by atoms with Crippen LogP contribution < -0.4 is 0 Å². The number of ether oxygens (including phenoxy) is 2. The van der Waals surface area contributed by atoms with Crippen molar-refractivity contribution in [3.05, 3.63) is 39.4 Å². The molecule has 9 nitrogen and oxygen atoms in total. The molecular weight excluding hydrogens is 298 g/mol. The molecule has 0 radical (unpaired) electrons. The summed E-state index contributed by atoms with van der Waals surface area (Å²) in [7, 11) is 1.09. The molecule has 0 aromatic heterocycles. The molecule has 0 fully saturated rings. The highest BCUT2D eigenvalue weighted by Crippen LogP contribution is 2.25. The Balaban J connectivity index is 3.22. The standard InChI is InChI=1S/C13H15NO8/c1-3-22-13(18)11(16)10(15)7-4-8(12(17)21-2)6-9(5-7)14(19)20/h4-6,10-11,15-16H,3H2,1-2H3. The van der Waals surface area contributed by atoms with Crippen molar-refractivity contribution in [3.8, 4) is 0 Å². The number of aliphatic hydroxyl groups is 2. The normalized spacial score (nSPS) is 13.1. The van der Waals surface area contributed by atoms with E-state index in [1.54, 1.807) is 0 Å². The molecule has 2 atom stereocenters. The highest BCUT2D eigenvalue weighted by Gasteiger charge is 2.29. The second kappa shape index (κ2) is 7.48. The third-order valence-corrected chi connectivity index (χ3v) is 2.74. The Labute approximate surface area is 125 Å². The van der Waals surface area contributed by atoms with Gasteiger partial charge in [0.25, 0.3) is 5.69 Å². The zero-order valence-electron chi connectivity index (χ0n) is 11.9. The summed E-state index contributed by atoms with van der Waals surface area (Å²) in [4.78, 5) is 33.0. The van der Waals surface area contributed by atoms with Crippen LogP contribution in [0.15, 0.2) is 18.2 Å². The van der Waals surface area contributed by atoms with Crippen LogP contribution in [-0.4, -0.2) is 46.9 Å². The molecule has 1 aromatic rings. The minimum Gasteiger partial charge on any atom is -0.465 e. The number of hydrogen-bond donors (Lipinski definition) is 2. The molecule has 0 saturated heterocycles. The van der Waals surface area contributed by atoms with Gasteiger partial charge in [-0.1, -0.05) is 0 Å². The summed E-state index contributed by atoms with van der Waals surface area (Å²) in [6.07, 6.45) is -3.73. The minimum absolute atomic E-state index is 0.00897. The number of methoxy groups -OCH3 is 1. The Morgan fingerprint density at radius 1 is 1.32 bits per heavy atom. The van der Waals surface area contributed by atoms with E-state index in [1.165, 1.54) is 6.92 Å². The molecule has 22 heavy (non-hydrogen) atoms. The SMILES string of the molecule is CCOC(=O)C(O)C(O)c1cc(C(=O)OC)cc([N+](=O)[O-])c1. The average molecular weight is 313 g/mol. The number of carbonyl (C=O) groups excluding carboxylic acids is 2. The van der Waals surface area contributed by atoms with Gasteiger partial charge >= 0.3 is 11.9 Å². The molecule has 0 spiro atoms. The largest absolute Gasteiger partial charge is 0.465 e. The summed E-state index contributed by atoms with van der Waals surface area (Å²) in [5.74, 6) is -1.94. The topological polar surface area (TPSA) is 136 Å². The van der Waals surface area contributed by atoms with Gasteiger partial charge in [-0.15, -0.1) is 0 Å². The number of nitro benzene ring substituents is 1. The molecule has 2 unspecified atom stereocenters. The predicted molar refractivity (Wildman–Crippen MR) is 72.0 cm³/mol. The molecule has 0 aliphatic rings. The summed E-state index contributed by atoms with van der Waals surface area (Å²) < 4.78 is 9.00. The molecule has 1 rings (SSSR count). The lowest BCUT2D eigenvalue weighted by atomic mass is 10.0. The van der Waals surface area contributed by atoms with Crippen LogP contribution in [0, 0.1) is 10.1 Å². The predicted octanol–water partition coefficient (Wildman–Crippen LogP) is 0.339. The maximum atomic E-state index is 11.5. The Morgan fingerprint density at radius 2 is 1.95 bits per heavy atom. The van der Waals surface area contributed by atoms with E-state index in [4.69, 9.17) is 0 Å². The van der Waals surface area contributed by atoms with Crippen molar-refractivity contribution in [1.82, 2.24) is 0 Å². The van der Waals surface area contributed by atoms with Crippen LogP contribution in [0.3, 0.4) is 0 Å². The molecule has 0 aliphatic carbocycles. The lowest BCUT2D eigenvalue weighted by Gasteiger charge is -2.17. The number of nitro groups is 1. The van der Waals surface area contributed by atoms with Gasteiger partial charge in [-0.25, -0.2) is 9.59 Å². The van der Waals surface area contributed by atoms with Crippen molar-refractivity contribution in [2.24, 2.45) is 0 Å². The van der Waals surface area contributed by atoms with Crippen molar-refractivity contribution in [3.63, 3.8) is 0 Å². The minimum atomic E-state index is -1.94. The van der Waals surface area contributed by atoms with Crippen molar-refractivity contribution < 1.29 is 34.2 Å². The zero-order valence-corrected chi connectivity index (χ0v) is 11.9. The molecule has 1 aromatic carbocycles. The van der Waals surface area contributed by atoms with Gasteiger partial charge in [-0.05, 0) is 18.6 Å². The highest BCUT2D eigenvalue weighted by molar-refractivity contribution is 5.90. The van der Waals surface area contributed by atoms with Gasteiger partial charge in [-0.3, -0.25) is 10.1 Å². The summed E-state index contributed by atoms with van der Waals surface area (Å²) in [6, 6.07) is 2.99. The van der Waals surface area contributed by atoms with Crippen molar-refractivity contribution in [2.45, 2.75) is 19.1 Å². The molecule has 0 amide bonds. The third kappa shape index (κ3) is 3.99. The lowest BCUT2D eigenvalue weighted by molar-refractivity contribution is -0.385. The van der Waals surface area contributed by atoms with Crippen LogP contribution in [0.4, 0.5) is 5.69 Å². The van der Waals surface area contributed by atoms with Crippen molar-refractivity contribution >= 4 is 17.6 Å². The lowest BCUT2D eigenvalue weighted by Crippen LogP contribution is -2.30. The fourth-order valence-corrected chi connectivity index (χ4v) is 1.69. The Hall–Kier alpha value is -2.52. The van der Waals surface area contributed by atoms with Crippen molar-refractivity contribution in [2.75, 3.05) is 13.7 Å². The molecule has 0 saturated carbocycles. The van der Waals surface area contributed by atoms with Gasteiger partial charge in [0.1, 0.15) is 6.10 Å². The number of hydrogen-bond acceptors (Lipinski definition) is 8. The van der Waals surface area contributed by atoms with Crippen LogP contribution in [0.1, 0.15) is 28.9 Å². The number of nitrogens with zero attached hydrogens (tertiary/aromatic N) is 1. The van der Waals surface area contributed by atoms with E-state index in [0.29, 0.717) is 0 Å². The zero-order chi connectivity index (χ0) is 16.9. The van der Waals surface area contributed by atoms with Crippen LogP contribution in [0.2, 0.25) is 0 Å². The summed E-state index contributed by atoms with van der Waals surface area (Å²) >= 11 is 0. The smallest absolute Gasteiger partial charge is 0.338 e. The Kier molecular flexibility index (Phi) is 5.96. The number of esters is 2. The quantitative estimate of drug-likeness (QED) is 0.436. The van der Waals surface area contributed by atoms with Gasteiger partial charge in [0.05, 0.1) is 24.2 Å². The monoisotopic (exact) mass is 313 g/mol. The van der Waals surface area contributed by atoms with E-state index in [2.05, 4.69) is 9.47 Å². The molecule has 2 N–H and O–H groups in total. The average Bonchev–Trinajstić information content (AvgIpc) is 2.52. The van der Waals surface area contributed by atoms with Crippen molar-refractivity contribution in [1.29, 1.82) is 0 Å². The van der Waals surface area contributed by atoms with Crippen LogP contribution in [0.25, 0.3) is 0 Å². The fraction of sp³-hybridized carbons (Fsp3) is 0.385. The first-order chi connectivity index (χ1) is 10.3. The number of rotatable bonds is 6. The summed E-state index contributed by atoms with van der Waals surface area (Å²) in [5, 5.41) is 30.5. The van der Waals surface area contributed by atoms with Crippen LogP contribution in [-0.2, 0) is 14.3 Å². The van der Waals surface area contributed by atoms with Gasteiger partial charge in [0, 0.05) is 12.1 Å². The second-order valence-electron chi connectivity index (χ2n) is 4.20. The Bertz CT molecular complexity index is 585. The van der Waals surface area contributed by atoms with E-state index in [1.807, 2.05) is 0 Å². The first-order valence-corrected chi connectivity index (χ1v) is 6.22. The number of carbonyl (C=O) groups is 2. The highest BCUT2D eigenvalue weighted by atomic mass is 16.6. The molecule has 120 valence electrons. The van der Waals surface area contributed by atoms with Crippen LogP contribution >= 0.6 is 0 Å². The second-order valence-corrected chi connectivity index (χ2v) is 4.20. The van der Waals surface area contributed by atoms with E-state index in [9.17, 15) is 29.9 Å². The van der Waals surface area contributed by atoms with Gasteiger partial charge in [0.15, 0.2) is 6.10 Å². The molecule has 0 aliphatic heterocycles. The van der Waals surface area contributed by atoms with E-state index in [-0.39, 0.29) is 17.7 Å². The summed E-state index contributed by atoms with van der Waals surface area (Å²) in [5.41, 5.74) is -0.870. The summed E-state index contributed by atoms with van der Waals surface area (Å²) in [6.45, 7) is 1.50. The maximum absolute atomic E-state index is 11.5. The van der Waals surface area contributed by atoms with Gasteiger partial charge in [-0.2, -0.15) is 0 Å². The molecule has 9 heteroatoms. The molecule has 0 heterocycles. The number of aliphatic hydroxyl groups excluding tert-OH is 2. The Morgan fingerprint density at radius 3 is 2.45 bits per heavy atom. The first-order valence-electron chi connectivity index (χ1n) is 6.22. The molecule has 0 bridgehead atoms. The third-order valence-electron chi connectivity index (χ3n) is 2.74. The number of benzene rings is 1. The fourth-order valence-electron chi connectivity index (χ4n) is 1.69. The van der Waals surface area contributed by atoms with E-state index < -0.39 is 34.8 Å². The van der Waals surface area contributed by atoms with Gasteiger partial charge in [0.2, 0.25) is 0 Å².